The van der Waals surface area contributed by atoms with E-state index in [1.54, 1.807) is 16.7 Å². The molecule has 5 rings (SSSR count). The number of Topliss-reactive ketones (excluding diaryl/α,β-unsaturated/α-hetero) is 1. The molecule has 0 saturated heterocycles. The molecule has 0 bridgehead atoms. The van der Waals surface area contributed by atoms with Gasteiger partial charge in [-0.3, -0.25) is 14.6 Å². The lowest BCUT2D eigenvalue weighted by atomic mass is 9.86. The van der Waals surface area contributed by atoms with Gasteiger partial charge in [-0.15, -0.1) is 0 Å². The lowest BCUT2D eigenvalue weighted by molar-refractivity contribution is -0.137. The van der Waals surface area contributed by atoms with Crippen LogP contribution in [0, 0.1) is 0 Å². The first-order valence-electron chi connectivity index (χ1n) is 14.4. The number of aromatic hydroxyl groups is 1. The largest absolute Gasteiger partial charge is 0.508 e. The summed E-state index contributed by atoms with van der Waals surface area (Å²) >= 11 is 0. The number of allylic oxidation sites excluding steroid dienone is 4. The van der Waals surface area contributed by atoms with Crippen molar-refractivity contribution in [1.29, 1.82) is 0 Å². The number of rotatable bonds is 11. The molecule has 1 aliphatic carbocycles. The average Bonchev–Trinajstić information content (AvgIpc) is 3.37. The molecule has 0 radical (unpaired) electrons. The van der Waals surface area contributed by atoms with Crippen molar-refractivity contribution in [3.63, 3.8) is 0 Å². The van der Waals surface area contributed by atoms with Gasteiger partial charge in [-0.05, 0) is 67.5 Å². The Labute approximate surface area is 245 Å². The summed E-state index contributed by atoms with van der Waals surface area (Å²) in [6, 6.07) is 16.8. The van der Waals surface area contributed by atoms with Crippen molar-refractivity contribution >= 4 is 34.9 Å². The number of nitrogens with zero attached hydrogens (tertiary/aromatic N) is 3. The molecule has 1 aliphatic rings. The van der Waals surface area contributed by atoms with E-state index in [1.807, 2.05) is 48.5 Å². The zero-order valence-corrected chi connectivity index (χ0v) is 23.8. The van der Waals surface area contributed by atoms with Crippen LogP contribution in [0.4, 0.5) is 0 Å². The van der Waals surface area contributed by atoms with Gasteiger partial charge in [0.25, 0.3) is 0 Å². The second kappa shape index (κ2) is 13.3. The first kappa shape index (κ1) is 28.7. The third-order valence-corrected chi connectivity index (χ3v) is 7.47. The molecule has 4 aromatic rings. The van der Waals surface area contributed by atoms with E-state index in [1.165, 1.54) is 11.9 Å². The van der Waals surface area contributed by atoms with Gasteiger partial charge in [-0.1, -0.05) is 73.5 Å². The van der Waals surface area contributed by atoms with Crippen LogP contribution < -0.4 is 0 Å². The van der Waals surface area contributed by atoms with Gasteiger partial charge < -0.3 is 14.8 Å². The number of carbonyl (C=O) groups is 2. The molecule has 0 amide bonds. The fourth-order valence-electron chi connectivity index (χ4n) is 5.42. The molecule has 42 heavy (non-hydrogen) atoms. The van der Waals surface area contributed by atoms with Crippen LogP contribution in [0.1, 0.15) is 71.9 Å². The number of aryl methyl sites for hydroxylation is 1. The van der Waals surface area contributed by atoms with E-state index in [2.05, 4.69) is 30.1 Å². The third-order valence-electron chi connectivity index (χ3n) is 7.47. The molecule has 0 atom stereocenters. The molecule has 2 N–H and O–H groups in total. The maximum atomic E-state index is 13.3. The first-order valence-corrected chi connectivity index (χ1v) is 14.4. The Hall–Kier alpha value is -4.78. The third kappa shape index (κ3) is 6.92. The van der Waals surface area contributed by atoms with Crippen molar-refractivity contribution in [3.8, 4) is 5.75 Å². The fraction of sp³-hybridized carbons (Fsp3) is 0.257. The van der Waals surface area contributed by atoms with Crippen LogP contribution in [0.15, 0.2) is 84.2 Å². The predicted octanol–water partition coefficient (Wildman–Crippen LogP) is 7.20. The fourth-order valence-corrected chi connectivity index (χ4v) is 5.42. The molecule has 0 fully saturated rings. The van der Waals surface area contributed by atoms with Crippen LogP contribution in [-0.2, 0) is 24.2 Å². The van der Waals surface area contributed by atoms with E-state index >= 15 is 0 Å². The van der Waals surface area contributed by atoms with E-state index in [9.17, 15) is 19.8 Å². The number of phenols is 1. The summed E-state index contributed by atoms with van der Waals surface area (Å²) in [6.45, 7) is 1.95. The van der Waals surface area contributed by atoms with Gasteiger partial charge in [0.2, 0.25) is 0 Å². The molecule has 7 heteroatoms. The Balaban J connectivity index is 1.42. The molecule has 214 valence electrons. The van der Waals surface area contributed by atoms with Crippen molar-refractivity contribution in [2.75, 3.05) is 0 Å². The standard InChI is InChI=1S/C35H35N3O4/c1-2-8-25(10-5-3-4-9-24-13-17-29(39)18-14-24)19-28-21-32-34(36-23-38(32)22-33(40)41)31(37-28)20-27-16-15-26-11-6-7-12-30(26)35(27)42/h4,6-7,9-14,17-18,20-21,23,39H,2-3,5,8,15-16,19,22H2,1H3,(H,40,41)/b9-4+,25-10+,27-20-. The Morgan fingerprint density at radius 3 is 2.67 bits per heavy atom. The zero-order valence-electron chi connectivity index (χ0n) is 23.8. The minimum absolute atomic E-state index is 0.00842. The number of ketones is 1. The van der Waals surface area contributed by atoms with Crippen LogP contribution >= 0.6 is 0 Å². The number of pyridine rings is 1. The highest BCUT2D eigenvalue weighted by molar-refractivity contribution is 6.13. The summed E-state index contributed by atoms with van der Waals surface area (Å²) in [5.41, 5.74) is 7.51. The number of carboxylic acid groups (broad SMARTS) is 1. The van der Waals surface area contributed by atoms with Gasteiger partial charge in [-0.2, -0.15) is 0 Å². The monoisotopic (exact) mass is 561 g/mol. The lowest BCUT2D eigenvalue weighted by Gasteiger charge is -2.17. The molecule has 2 heterocycles. The number of imidazole rings is 1. The number of phenolic OH excluding ortho intramolecular Hbond substituents is 1. The summed E-state index contributed by atoms with van der Waals surface area (Å²) in [7, 11) is 0. The van der Waals surface area contributed by atoms with E-state index in [0.717, 1.165) is 54.5 Å². The van der Waals surface area contributed by atoms with Crippen molar-refractivity contribution in [2.45, 2.75) is 58.4 Å². The second-order valence-corrected chi connectivity index (χ2v) is 10.6. The van der Waals surface area contributed by atoms with Crippen molar-refractivity contribution < 1.29 is 19.8 Å². The molecule has 0 spiro atoms. The molecule has 7 nitrogen and oxygen atoms in total. The number of carbonyl (C=O) groups excluding carboxylic acids is 1. The summed E-state index contributed by atoms with van der Waals surface area (Å²) in [6.07, 6.45) is 15.6. The Morgan fingerprint density at radius 2 is 1.88 bits per heavy atom. The van der Waals surface area contributed by atoms with E-state index in [-0.39, 0.29) is 18.1 Å². The van der Waals surface area contributed by atoms with Crippen LogP contribution in [0.5, 0.6) is 5.75 Å². The van der Waals surface area contributed by atoms with E-state index < -0.39 is 5.97 Å². The average molecular weight is 562 g/mol. The quantitative estimate of drug-likeness (QED) is 0.114. The van der Waals surface area contributed by atoms with E-state index in [4.69, 9.17) is 4.98 Å². The zero-order chi connectivity index (χ0) is 29.5. The summed E-state index contributed by atoms with van der Waals surface area (Å²) in [5.74, 6) is -0.681. The molecule has 2 aromatic heterocycles. The number of unbranched alkanes of at least 4 members (excludes halogenated alkanes) is 1. The number of hydrogen-bond acceptors (Lipinski definition) is 5. The second-order valence-electron chi connectivity index (χ2n) is 10.6. The van der Waals surface area contributed by atoms with Crippen LogP contribution in [0.2, 0.25) is 0 Å². The molecular formula is C35H35N3O4. The topological polar surface area (TPSA) is 105 Å². The molecule has 2 aromatic carbocycles. The Bertz CT molecular complexity index is 1690. The number of fused-ring (bicyclic) bond motifs is 2. The SMILES string of the molecule is CCC/C(=C\CC/C=C/c1ccc(O)cc1)Cc1cc2c(ncn2CC(=O)O)c(/C=C2/CCc3ccccc3C2=O)n1. The number of aromatic nitrogens is 3. The molecule has 0 aliphatic heterocycles. The first-order chi connectivity index (χ1) is 20.4. The smallest absolute Gasteiger partial charge is 0.323 e. The van der Waals surface area contributed by atoms with Gasteiger partial charge in [0.1, 0.15) is 17.8 Å². The summed E-state index contributed by atoms with van der Waals surface area (Å²) < 4.78 is 1.63. The van der Waals surface area contributed by atoms with Crippen molar-refractivity contribution in [2.24, 2.45) is 0 Å². The van der Waals surface area contributed by atoms with Crippen LogP contribution in [-0.4, -0.2) is 36.5 Å². The maximum Gasteiger partial charge on any atom is 0.323 e. The van der Waals surface area contributed by atoms with Crippen LogP contribution in [0.3, 0.4) is 0 Å². The summed E-state index contributed by atoms with van der Waals surface area (Å²) in [4.78, 5) is 34.3. The van der Waals surface area contributed by atoms with Gasteiger partial charge in [0.15, 0.2) is 5.78 Å². The number of hydrogen-bond donors (Lipinski definition) is 2. The normalized spacial score (nSPS) is 14.6. The number of benzene rings is 2. The predicted molar refractivity (Wildman–Crippen MR) is 165 cm³/mol. The molecule has 0 saturated carbocycles. The maximum absolute atomic E-state index is 13.3. The summed E-state index contributed by atoms with van der Waals surface area (Å²) in [5, 5.41) is 18.9. The Morgan fingerprint density at radius 1 is 1.07 bits per heavy atom. The lowest BCUT2D eigenvalue weighted by Crippen LogP contribution is -2.14. The highest BCUT2D eigenvalue weighted by atomic mass is 16.4. The highest BCUT2D eigenvalue weighted by Gasteiger charge is 2.22. The molecule has 0 unspecified atom stereocenters. The van der Waals surface area contributed by atoms with Gasteiger partial charge in [0.05, 0.1) is 17.5 Å². The minimum Gasteiger partial charge on any atom is -0.508 e. The van der Waals surface area contributed by atoms with Gasteiger partial charge >= 0.3 is 5.97 Å². The van der Waals surface area contributed by atoms with Gasteiger partial charge in [0, 0.05) is 23.3 Å². The van der Waals surface area contributed by atoms with E-state index in [0.29, 0.717) is 35.1 Å². The Kier molecular flexibility index (Phi) is 9.07. The van der Waals surface area contributed by atoms with Crippen LogP contribution in [0.25, 0.3) is 23.2 Å². The number of aliphatic carboxylic acids is 1. The highest BCUT2D eigenvalue weighted by Crippen LogP contribution is 2.29. The molecular weight excluding hydrogens is 526 g/mol. The number of carboxylic acids is 1. The van der Waals surface area contributed by atoms with Crippen molar-refractivity contribution in [3.05, 3.63) is 112 Å². The van der Waals surface area contributed by atoms with Crippen molar-refractivity contribution in [1.82, 2.24) is 14.5 Å². The van der Waals surface area contributed by atoms with Gasteiger partial charge in [-0.25, -0.2) is 4.98 Å². The minimum atomic E-state index is -0.946.